The topological polar surface area (TPSA) is 38.7 Å². The van der Waals surface area contributed by atoms with Crippen molar-refractivity contribution in [3.05, 3.63) is 102 Å². The Balaban J connectivity index is 0.00000256. The molecule has 0 amide bonds. The van der Waals surface area contributed by atoms with Crippen LogP contribution in [-0.4, -0.2) is 15.0 Å². The molecule has 0 atom stereocenters. The maximum atomic E-state index is 14.2. The minimum atomic E-state index is -0.695. The van der Waals surface area contributed by atoms with Crippen LogP contribution in [-0.2, 0) is 26.5 Å². The molecule has 4 rings (SSSR count). The van der Waals surface area contributed by atoms with Crippen molar-refractivity contribution in [2.24, 2.45) is 0 Å². The van der Waals surface area contributed by atoms with Crippen LogP contribution in [0.3, 0.4) is 0 Å². The average Bonchev–Trinajstić information content (AvgIpc) is 2.74. The fraction of sp³-hybridized carbons (Fsp3) is 0.125. The third kappa shape index (κ3) is 4.36. The van der Waals surface area contributed by atoms with Gasteiger partial charge in [0.1, 0.15) is 0 Å². The van der Waals surface area contributed by atoms with Crippen molar-refractivity contribution >= 4 is 0 Å². The maximum Gasteiger partial charge on any atom is 2.00 e. The minimum Gasteiger partial charge on any atom is -0.360 e. The van der Waals surface area contributed by atoms with E-state index in [0.29, 0.717) is 11.4 Å². The van der Waals surface area contributed by atoms with E-state index in [2.05, 4.69) is 22.1 Å². The van der Waals surface area contributed by atoms with E-state index in [0.717, 1.165) is 29.1 Å². The van der Waals surface area contributed by atoms with Crippen molar-refractivity contribution in [3.8, 4) is 22.5 Å². The first kappa shape index (κ1) is 21.9. The van der Waals surface area contributed by atoms with E-state index in [1.807, 2.05) is 38.1 Å². The van der Waals surface area contributed by atoms with Crippen LogP contribution >= 0.6 is 0 Å². The van der Waals surface area contributed by atoms with E-state index in [1.54, 1.807) is 30.6 Å². The summed E-state index contributed by atoms with van der Waals surface area (Å²) in [5, 5.41) is 0. The van der Waals surface area contributed by atoms with Crippen molar-refractivity contribution in [3.63, 3.8) is 0 Å². The molecule has 4 aromatic rings. The quantitative estimate of drug-likeness (QED) is 0.304. The molecule has 152 valence electrons. The van der Waals surface area contributed by atoms with E-state index in [-0.39, 0.29) is 26.6 Å². The predicted octanol–water partition coefficient (Wildman–Crippen LogP) is 5.41. The zero-order valence-electron chi connectivity index (χ0n) is 16.3. The van der Waals surface area contributed by atoms with Gasteiger partial charge >= 0.3 is 21.1 Å². The second kappa shape index (κ2) is 8.93. The van der Waals surface area contributed by atoms with E-state index >= 15 is 0 Å². The standard InChI is InChI=1S/C24H17F2N3.Pt/c1-24(2,22-9-3-7-20(28-22)16-6-5-13-27-15-16)23-10-4-8-21(29-23)18-12-11-17(25)14-19(18)26;/h3-5,7-11,13-15H,1-2H3;/q-2;+2. The van der Waals surface area contributed by atoms with Crippen molar-refractivity contribution in [1.82, 2.24) is 15.0 Å². The molecule has 0 fully saturated rings. The molecular formula is C24H17F2N3Pt. The third-order valence-corrected chi connectivity index (χ3v) is 4.77. The zero-order valence-corrected chi connectivity index (χ0v) is 18.5. The molecule has 0 bridgehead atoms. The Kier molecular flexibility index (Phi) is 6.52. The molecule has 0 unspecified atom stereocenters. The first-order valence-corrected chi connectivity index (χ1v) is 9.09. The molecule has 0 aliphatic carbocycles. The van der Waals surface area contributed by atoms with Gasteiger partial charge in [-0.1, -0.05) is 48.3 Å². The Hall–Kier alpha value is -2.78. The van der Waals surface area contributed by atoms with Crippen LogP contribution in [0.25, 0.3) is 22.5 Å². The summed E-state index contributed by atoms with van der Waals surface area (Å²) in [4.78, 5) is 13.5. The van der Waals surface area contributed by atoms with Gasteiger partial charge in [0, 0.05) is 28.4 Å². The van der Waals surface area contributed by atoms with Gasteiger partial charge in [0.05, 0.1) is 0 Å². The number of hydrogen-bond donors (Lipinski definition) is 0. The fourth-order valence-corrected chi connectivity index (χ4v) is 3.09. The monoisotopic (exact) mass is 580 g/mol. The van der Waals surface area contributed by atoms with Crippen molar-refractivity contribution in [2.75, 3.05) is 0 Å². The van der Waals surface area contributed by atoms with Gasteiger partial charge in [0.25, 0.3) is 0 Å². The van der Waals surface area contributed by atoms with Crippen LogP contribution in [0, 0.1) is 23.8 Å². The van der Waals surface area contributed by atoms with Gasteiger partial charge in [0.2, 0.25) is 0 Å². The zero-order chi connectivity index (χ0) is 20.4. The molecule has 0 aliphatic heterocycles. The summed E-state index contributed by atoms with van der Waals surface area (Å²) < 4.78 is 27.4. The second-order valence-corrected chi connectivity index (χ2v) is 7.13. The van der Waals surface area contributed by atoms with Crippen molar-refractivity contribution in [2.45, 2.75) is 19.3 Å². The molecule has 3 nitrogen and oxygen atoms in total. The molecule has 0 radical (unpaired) electrons. The SMILES string of the molecule is CC(C)(c1cccc(-c2[c-]ccnc2)n1)c1cccc(-c2[c-]cc(F)cc2F)n1.[Pt+2]. The molecule has 0 N–H and O–H groups in total. The number of nitrogens with zero attached hydrogens (tertiary/aromatic N) is 3. The molecule has 0 aliphatic rings. The Morgan fingerprint density at radius 3 is 2.20 bits per heavy atom. The minimum absolute atomic E-state index is 0. The Labute approximate surface area is 188 Å². The van der Waals surface area contributed by atoms with Crippen molar-refractivity contribution in [1.29, 1.82) is 0 Å². The normalized spacial score (nSPS) is 11.1. The van der Waals surface area contributed by atoms with Crippen LogP contribution in [0.15, 0.2) is 67.0 Å². The number of hydrogen-bond acceptors (Lipinski definition) is 3. The first-order chi connectivity index (χ1) is 13.9. The number of halogens is 2. The third-order valence-electron chi connectivity index (χ3n) is 4.77. The molecule has 1 aromatic carbocycles. The van der Waals surface area contributed by atoms with Gasteiger partial charge in [-0.2, -0.15) is 0 Å². The molecule has 3 heterocycles. The predicted molar refractivity (Wildman–Crippen MR) is 107 cm³/mol. The maximum absolute atomic E-state index is 14.2. The summed E-state index contributed by atoms with van der Waals surface area (Å²) in [6, 6.07) is 20.6. The number of benzene rings is 1. The molecule has 30 heavy (non-hydrogen) atoms. The number of rotatable bonds is 4. The summed E-state index contributed by atoms with van der Waals surface area (Å²) in [6.45, 7) is 4.01. The van der Waals surface area contributed by atoms with Crippen LogP contribution < -0.4 is 0 Å². The Morgan fingerprint density at radius 2 is 1.57 bits per heavy atom. The molecule has 0 saturated carbocycles. The molecule has 6 heteroatoms. The summed E-state index contributed by atoms with van der Waals surface area (Å²) in [6.07, 6.45) is 3.38. The van der Waals surface area contributed by atoms with E-state index in [1.165, 1.54) is 0 Å². The molecule has 0 spiro atoms. The summed E-state index contributed by atoms with van der Waals surface area (Å²) in [7, 11) is 0. The van der Waals surface area contributed by atoms with Crippen LogP contribution in [0.1, 0.15) is 25.2 Å². The largest absolute Gasteiger partial charge is 2.00 e. The molecule has 3 aromatic heterocycles. The smallest absolute Gasteiger partial charge is 0.360 e. The van der Waals surface area contributed by atoms with E-state index < -0.39 is 17.0 Å². The number of pyridine rings is 3. The number of aromatic nitrogens is 3. The van der Waals surface area contributed by atoms with E-state index in [4.69, 9.17) is 4.98 Å². The molecule has 0 saturated heterocycles. The fourth-order valence-electron chi connectivity index (χ4n) is 3.09. The average molecular weight is 580 g/mol. The molecular weight excluding hydrogens is 563 g/mol. The Morgan fingerprint density at radius 1 is 0.900 bits per heavy atom. The van der Waals surface area contributed by atoms with Gasteiger partial charge in [-0.25, -0.2) is 0 Å². The summed E-state index contributed by atoms with van der Waals surface area (Å²) in [5.74, 6) is -1.37. The van der Waals surface area contributed by atoms with Crippen molar-refractivity contribution < 1.29 is 29.8 Å². The van der Waals surface area contributed by atoms with E-state index in [9.17, 15) is 8.78 Å². The van der Waals surface area contributed by atoms with Crippen LogP contribution in [0.2, 0.25) is 0 Å². The van der Waals surface area contributed by atoms with Gasteiger partial charge in [0.15, 0.2) is 0 Å². The van der Waals surface area contributed by atoms with Crippen LogP contribution in [0.4, 0.5) is 8.78 Å². The van der Waals surface area contributed by atoms with Gasteiger partial charge in [-0.15, -0.1) is 29.8 Å². The Bertz CT molecular complexity index is 1160. The van der Waals surface area contributed by atoms with Crippen LogP contribution in [0.5, 0.6) is 0 Å². The second-order valence-electron chi connectivity index (χ2n) is 7.13. The summed E-state index contributed by atoms with van der Waals surface area (Å²) >= 11 is 0. The summed E-state index contributed by atoms with van der Waals surface area (Å²) in [5.41, 5.74) is 3.06. The van der Waals surface area contributed by atoms with Gasteiger partial charge in [-0.05, 0) is 37.4 Å². The van der Waals surface area contributed by atoms with Gasteiger partial charge < -0.3 is 15.0 Å². The first-order valence-electron chi connectivity index (χ1n) is 9.09. The van der Waals surface area contributed by atoms with Gasteiger partial charge in [-0.3, -0.25) is 8.78 Å².